The molecule has 0 amide bonds. The zero-order chi connectivity index (χ0) is 10.1. The fraction of sp³-hybridized carbons (Fsp3) is 0.111. The first-order valence-corrected chi connectivity index (χ1v) is 4.76. The number of phenolic OH excluding ortho intramolecular Hbond substituents is 1. The molecule has 5 heteroatoms. The number of fused-ring (bicyclic) bond motifs is 1. The molecule has 0 saturated heterocycles. The van der Waals surface area contributed by atoms with E-state index in [-0.39, 0.29) is 10.8 Å². The van der Waals surface area contributed by atoms with Gasteiger partial charge in [-0.3, -0.25) is 4.99 Å². The Labute approximate surface area is 84.3 Å². The Bertz CT molecular complexity index is 428. The number of aliphatic imine (C=N–C) groups is 1. The van der Waals surface area contributed by atoms with E-state index < -0.39 is 5.97 Å². The zero-order valence-corrected chi connectivity index (χ0v) is 7.91. The van der Waals surface area contributed by atoms with Crippen LogP contribution in [0, 0.1) is 0 Å². The van der Waals surface area contributed by atoms with E-state index in [4.69, 9.17) is 5.11 Å². The molecule has 1 heterocycles. The van der Waals surface area contributed by atoms with Crippen molar-refractivity contribution < 1.29 is 15.0 Å². The number of nitrogens with zero attached hydrogens (tertiary/aromatic N) is 1. The topological polar surface area (TPSA) is 69.9 Å². The number of thioether (sulfide) groups is 1. The van der Waals surface area contributed by atoms with Crippen LogP contribution in [0.5, 0.6) is 5.75 Å². The number of carboxylic acids is 1. The predicted octanol–water partition coefficient (Wildman–Crippen LogP) is 1.48. The van der Waals surface area contributed by atoms with Crippen LogP contribution in [-0.4, -0.2) is 21.2 Å². The number of hydrogen-bond donors (Lipinski definition) is 2. The van der Waals surface area contributed by atoms with Crippen molar-refractivity contribution in [2.45, 2.75) is 11.4 Å². The monoisotopic (exact) mass is 209 g/mol. The van der Waals surface area contributed by atoms with Gasteiger partial charge in [0.25, 0.3) is 0 Å². The molecule has 14 heavy (non-hydrogen) atoms. The normalized spacial score (nSPS) is 14.4. The van der Waals surface area contributed by atoms with E-state index in [2.05, 4.69) is 4.99 Å². The van der Waals surface area contributed by atoms with Crippen molar-refractivity contribution in [1.29, 1.82) is 0 Å². The molecule has 0 fully saturated rings. The zero-order valence-electron chi connectivity index (χ0n) is 7.10. The molecule has 2 rings (SSSR count). The van der Waals surface area contributed by atoms with Crippen LogP contribution in [0.3, 0.4) is 0 Å². The van der Waals surface area contributed by atoms with Crippen molar-refractivity contribution in [1.82, 2.24) is 0 Å². The second-order valence-electron chi connectivity index (χ2n) is 2.82. The minimum Gasteiger partial charge on any atom is -0.508 e. The lowest BCUT2D eigenvalue weighted by Crippen LogP contribution is -2.12. The highest BCUT2D eigenvalue weighted by Crippen LogP contribution is 2.31. The molecular weight excluding hydrogens is 202 g/mol. The van der Waals surface area contributed by atoms with Crippen molar-refractivity contribution in [2.24, 2.45) is 4.99 Å². The van der Waals surface area contributed by atoms with Crippen molar-refractivity contribution in [3.05, 3.63) is 23.8 Å². The predicted molar refractivity (Wildman–Crippen MR) is 52.7 cm³/mol. The smallest absolute Gasteiger partial charge is 0.361 e. The van der Waals surface area contributed by atoms with Gasteiger partial charge in [0.05, 0.1) is 6.54 Å². The molecule has 1 aliphatic rings. The summed E-state index contributed by atoms with van der Waals surface area (Å²) >= 11 is 1.11. The summed E-state index contributed by atoms with van der Waals surface area (Å²) in [4.78, 5) is 15.4. The molecule has 4 nitrogen and oxygen atoms in total. The van der Waals surface area contributed by atoms with Gasteiger partial charge in [-0.1, -0.05) is 11.8 Å². The third kappa shape index (κ3) is 1.58. The van der Waals surface area contributed by atoms with E-state index in [0.29, 0.717) is 6.54 Å². The van der Waals surface area contributed by atoms with E-state index in [1.165, 1.54) is 6.07 Å². The van der Waals surface area contributed by atoms with Gasteiger partial charge in [0, 0.05) is 4.90 Å². The fourth-order valence-corrected chi connectivity index (χ4v) is 2.01. The van der Waals surface area contributed by atoms with Gasteiger partial charge in [0.1, 0.15) is 5.75 Å². The lowest BCUT2D eigenvalue weighted by atomic mass is 10.2. The lowest BCUT2D eigenvalue weighted by Gasteiger charge is -2.12. The summed E-state index contributed by atoms with van der Waals surface area (Å²) in [5.41, 5.74) is 0.861. The summed E-state index contributed by atoms with van der Waals surface area (Å²) in [7, 11) is 0. The van der Waals surface area contributed by atoms with Crippen molar-refractivity contribution in [3.8, 4) is 5.75 Å². The van der Waals surface area contributed by atoms with Crippen LogP contribution >= 0.6 is 11.8 Å². The molecule has 0 saturated carbocycles. The van der Waals surface area contributed by atoms with Gasteiger partial charge in [-0.25, -0.2) is 4.79 Å². The van der Waals surface area contributed by atoms with Crippen LogP contribution in [0.2, 0.25) is 0 Å². The maximum Gasteiger partial charge on any atom is 0.361 e. The Kier molecular flexibility index (Phi) is 2.17. The Morgan fingerprint density at radius 2 is 2.29 bits per heavy atom. The minimum atomic E-state index is -1.01. The van der Waals surface area contributed by atoms with Crippen LogP contribution in [0.1, 0.15) is 5.56 Å². The van der Waals surface area contributed by atoms with Gasteiger partial charge in [-0.05, 0) is 23.8 Å². The van der Waals surface area contributed by atoms with Crippen LogP contribution in [0.25, 0.3) is 0 Å². The molecule has 0 bridgehead atoms. The Morgan fingerprint density at radius 3 is 3.00 bits per heavy atom. The summed E-state index contributed by atoms with van der Waals surface area (Å²) in [6.45, 7) is 0.318. The highest BCUT2D eigenvalue weighted by molar-refractivity contribution is 8.15. The van der Waals surface area contributed by atoms with Crippen LogP contribution in [0.15, 0.2) is 28.1 Å². The second kappa shape index (κ2) is 3.34. The van der Waals surface area contributed by atoms with E-state index in [0.717, 1.165) is 22.2 Å². The van der Waals surface area contributed by atoms with E-state index in [1.54, 1.807) is 12.1 Å². The first-order valence-electron chi connectivity index (χ1n) is 3.94. The molecule has 0 atom stereocenters. The van der Waals surface area contributed by atoms with Crippen molar-refractivity contribution >= 4 is 22.8 Å². The summed E-state index contributed by atoms with van der Waals surface area (Å²) in [5.74, 6) is -0.827. The third-order valence-electron chi connectivity index (χ3n) is 1.83. The molecule has 2 N–H and O–H groups in total. The van der Waals surface area contributed by atoms with Crippen LogP contribution in [0.4, 0.5) is 0 Å². The molecule has 1 aromatic carbocycles. The van der Waals surface area contributed by atoms with E-state index in [9.17, 15) is 9.90 Å². The van der Waals surface area contributed by atoms with Gasteiger partial charge in [0.15, 0.2) is 5.04 Å². The summed E-state index contributed by atoms with van der Waals surface area (Å²) in [6.07, 6.45) is 0. The number of benzene rings is 1. The third-order valence-corrected chi connectivity index (χ3v) is 2.94. The summed E-state index contributed by atoms with van der Waals surface area (Å²) in [6, 6.07) is 4.84. The molecule has 0 spiro atoms. The van der Waals surface area contributed by atoms with Crippen molar-refractivity contribution in [3.63, 3.8) is 0 Å². The van der Waals surface area contributed by atoms with Gasteiger partial charge < -0.3 is 10.2 Å². The van der Waals surface area contributed by atoms with Gasteiger partial charge in [-0.15, -0.1) is 0 Å². The van der Waals surface area contributed by atoms with Gasteiger partial charge in [-0.2, -0.15) is 0 Å². The van der Waals surface area contributed by atoms with Crippen molar-refractivity contribution in [2.75, 3.05) is 0 Å². The SMILES string of the molecule is O=C(O)C1=NCc2cc(O)ccc2S1. The molecular formula is C9H7NO3S. The lowest BCUT2D eigenvalue weighted by molar-refractivity contribution is -0.129. The van der Waals surface area contributed by atoms with Gasteiger partial charge >= 0.3 is 5.97 Å². The highest BCUT2D eigenvalue weighted by atomic mass is 32.2. The molecule has 72 valence electrons. The first kappa shape index (κ1) is 9.08. The average molecular weight is 209 g/mol. The Hall–Kier alpha value is -1.49. The standard InChI is InChI=1S/C9H7NO3S/c11-6-1-2-7-5(3-6)4-10-8(14-7)9(12)13/h1-3,11H,4H2,(H,12,13). The number of carbonyl (C=O) groups is 1. The number of aliphatic carboxylic acids is 1. The average Bonchev–Trinajstić information content (AvgIpc) is 2.16. The fourth-order valence-electron chi connectivity index (χ4n) is 1.19. The number of aromatic hydroxyl groups is 1. The quantitative estimate of drug-likeness (QED) is 0.735. The number of phenols is 1. The Morgan fingerprint density at radius 1 is 1.50 bits per heavy atom. The minimum absolute atomic E-state index is 0.100. The first-order chi connectivity index (χ1) is 6.66. The maximum absolute atomic E-state index is 10.6. The number of carboxylic acid groups (broad SMARTS) is 1. The molecule has 1 aromatic rings. The molecule has 0 radical (unpaired) electrons. The van der Waals surface area contributed by atoms with Crippen LogP contribution < -0.4 is 0 Å². The van der Waals surface area contributed by atoms with E-state index in [1.807, 2.05) is 0 Å². The number of rotatable bonds is 1. The highest BCUT2D eigenvalue weighted by Gasteiger charge is 2.18. The Balaban J connectivity index is 2.34. The molecule has 0 unspecified atom stereocenters. The summed E-state index contributed by atoms with van der Waals surface area (Å²) < 4.78 is 0. The summed E-state index contributed by atoms with van der Waals surface area (Å²) in [5, 5.41) is 18.0. The second-order valence-corrected chi connectivity index (χ2v) is 3.85. The molecule has 0 aromatic heterocycles. The molecule has 0 aliphatic carbocycles. The largest absolute Gasteiger partial charge is 0.508 e. The molecule has 1 aliphatic heterocycles. The van der Waals surface area contributed by atoms with Gasteiger partial charge in [0.2, 0.25) is 0 Å². The van der Waals surface area contributed by atoms with E-state index >= 15 is 0 Å². The van der Waals surface area contributed by atoms with Crippen LogP contribution in [-0.2, 0) is 11.3 Å². The maximum atomic E-state index is 10.6. The number of hydrogen-bond acceptors (Lipinski definition) is 4.